The summed E-state index contributed by atoms with van der Waals surface area (Å²) < 4.78 is 99.1. The predicted octanol–water partition coefficient (Wildman–Crippen LogP) is -0.151. The molecule has 0 spiro atoms. The average molecular weight is 1020 g/mol. The lowest BCUT2D eigenvalue weighted by Crippen LogP contribution is -2.67. The van der Waals surface area contributed by atoms with Gasteiger partial charge in [0.25, 0.3) is 0 Å². The monoisotopic (exact) mass is 1020 g/mol. The molecule has 0 aromatic heterocycles. The van der Waals surface area contributed by atoms with Crippen molar-refractivity contribution in [2.45, 2.75) is 194 Å². The Morgan fingerprint density at radius 2 is 0.676 bits per heavy atom. The van der Waals surface area contributed by atoms with Gasteiger partial charge in [-0.05, 0) is 19.9 Å². The molecule has 3 saturated heterocycles. The predicted molar refractivity (Wildman–Crippen MR) is 224 cm³/mol. The fourth-order valence-electron chi connectivity index (χ4n) is 7.99. The third-order valence-corrected chi connectivity index (χ3v) is 10.4. The first-order valence-electron chi connectivity index (χ1n) is 22.1. The van der Waals surface area contributed by atoms with E-state index in [0.29, 0.717) is 0 Å². The molecule has 0 aromatic rings. The normalized spacial score (nSPS) is 34.4. The average Bonchev–Trinajstić information content (AvgIpc) is 3.23. The van der Waals surface area contributed by atoms with Gasteiger partial charge in [-0.15, -0.1) is 0 Å². The lowest BCUT2D eigenvalue weighted by molar-refractivity contribution is -0.379. The van der Waals surface area contributed by atoms with E-state index in [1.165, 1.54) is 19.9 Å². The Hall–Kier alpha value is -6.00. The van der Waals surface area contributed by atoms with Gasteiger partial charge in [0.05, 0.1) is 18.5 Å². The van der Waals surface area contributed by atoms with Crippen LogP contribution in [0.5, 0.6) is 0 Å². The molecule has 9 unspecified atom stereocenters. The zero-order chi connectivity index (χ0) is 53.0. The lowest BCUT2D eigenvalue weighted by Gasteiger charge is -2.49. The van der Waals surface area contributed by atoms with Crippen LogP contribution in [-0.4, -0.2) is 183 Å². The summed E-state index contributed by atoms with van der Waals surface area (Å²) in [4.78, 5) is 125. The van der Waals surface area contributed by atoms with Crippen LogP contribution in [0, 0.1) is 0 Å². The number of rotatable bonds is 18. The van der Waals surface area contributed by atoms with Gasteiger partial charge in [-0.25, -0.2) is 0 Å². The van der Waals surface area contributed by atoms with E-state index in [0.717, 1.165) is 75.5 Å². The van der Waals surface area contributed by atoms with Gasteiger partial charge in [0.2, 0.25) is 0 Å². The second-order valence-corrected chi connectivity index (χ2v) is 16.5. The number of esters is 10. The van der Waals surface area contributed by atoms with E-state index in [4.69, 9.17) is 80.5 Å². The Morgan fingerprint density at radius 3 is 1.08 bits per heavy atom. The molecule has 27 heteroatoms. The lowest BCUT2D eigenvalue weighted by atomic mass is 9.96. The van der Waals surface area contributed by atoms with Crippen molar-refractivity contribution in [3.05, 3.63) is 12.3 Å². The van der Waals surface area contributed by atoms with Crippen molar-refractivity contribution >= 4 is 59.7 Å². The van der Waals surface area contributed by atoms with Crippen LogP contribution < -0.4 is 0 Å². The molecular weight excluding hydrogens is 960 g/mol. The molecule has 4 aliphatic rings. The molecule has 4 heterocycles. The van der Waals surface area contributed by atoms with E-state index in [9.17, 15) is 47.9 Å². The van der Waals surface area contributed by atoms with Gasteiger partial charge in [-0.1, -0.05) is 0 Å². The van der Waals surface area contributed by atoms with E-state index in [1.807, 2.05) is 0 Å². The summed E-state index contributed by atoms with van der Waals surface area (Å²) in [6.45, 7) is 12.1. The van der Waals surface area contributed by atoms with Crippen LogP contribution in [0.2, 0.25) is 0 Å². The van der Waals surface area contributed by atoms with Gasteiger partial charge in [-0.3, -0.25) is 47.9 Å². The molecule has 0 aromatic carbocycles. The Morgan fingerprint density at radius 1 is 0.352 bits per heavy atom. The summed E-state index contributed by atoms with van der Waals surface area (Å²) in [6, 6.07) is 0. The van der Waals surface area contributed by atoms with Crippen LogP contribution in [0.15, 0.2) is 12.3 Å². The SMILES string of the molecule is CC(=O)OCC1OC=CC(O[C@@H]2OC(C)[C@@H](OC(C)=O)C(OC(C)=O)[C@H]2OC(C)=O)[C@@H]1O[C@@H]1OC(COC(C)=O)[C@H](OC(C)=O)[C@H](OC(C)=O)C1OC1OC(C)[C@@H](OC(C)=O)C(OC(C)=O)[C@H]1OC(C)=O. The van der Waals surface area contributed by atoms with E-state index in [2.05, 4.69) is 0 Å². The molecule has 398 valence electrons. The molecule has 0 aliphatic carbocycles. The highest BCUT2D eigenvalue weighted by molar-refractivity contribution is 5.70. The number of carbonyl (C=O) groups excluding carboxylic acids is 10. The first-order chi connectivity index (χ1) is 33.2. The molecular formula is C44H60O27. The van der Waals surface area contributed by atoms with Crippen molar-refractivity contribution in [2.75, 3.05) is 13.2 Å². The van der Waals surface area contributed by atoms with Crippen molar-refractivity contribution < 1.29 is 128 Å². The van der Waals surface area contributed by atoms with Crippen LogP contribution in [0.4, 0.5) is 0 Å². The molecule has 0 bridgehead atoms. The minimum atomic E-state index is -1.97. The summed E-state index contributed by atoms with van der Waals surface area (Å²) >= 11 is 0. The molecule has 71 heavy (non-hydrogen) atoms. The van der Waals surface area contributed by atoms with Crippen LogP contribution in [0.1, 0.15) is 83.1 Å². The summed E-state index contributed by atoms with van der Waals surface area (Å²) in [5, 5.41) is 0. The van der Waals surface area contributed by atoms with Crippen molar-refractivity contribution in [3.8, 4) is 0 Å². The second-order valence-electron chi connectivity index (χ2n) is 16.5. The van der Waals surface area contributed by atoms with Crippen LogP contribution in [0.25, 0.3) is 0 Å². The topological polar surface area (TPSA) is 328 Å². The van der Waals surface area contributed by atoms with E-state index in [1.54, 1.807) is 0 Å². The fourth-order valence-corrected chi connectivity index (χ4v) is 7.99. The molecule has 27 nitrogen and oxygen atoms in total. The Labute approximate surface area is 406 Å². The maximum atomic E-state index is 13.0. The number of carbonyl (C=O) groups is 10. The molecule has 4 rings (SSSR count). The van der Waals surface area contributed by atoms with E-state index < -0.39 is 183 Å². The Bertz CT molecular complexity index is 1990. The molecule has 0 amide bonds. The quantitative estimate of drug-likeness (QED) is 0.127. The maximum Gasteiger partial charge on any atom is 0.303 e. The third kappa shape index (κ3) is 16.5. The van der Waals surface area contributed by atoms with Crippen LogP contribution in [0.3, 0.4) is 0 Å². The minimum Gasteiger partial charge on any atom is -0.492 e. The van der Waals surface area contributed by atoms with Crippen LogP contribution in [-0.2, 0) is 128 Å². The summed E-state index contributed by atoms with van der Waals surface area (Å²) in [7, 11) is 0. The molecule has 0 saturated carbocycles. The zero-order valence-electron chi connectivity index (χ0n) is 41.0. The zero-order valence-corrected chi connectivity index (χ0v) is 41.0. The van der Waals surface area contributed by atoms with Crippen molar-refractivity contribution in [2.24, 2.45) is 0 Å². The highest BCUT2D eigenvalue weighted by Crippen LogP contribution is 2.38. The number of hydrogen-bond donors (Lipinski definition) is 0. The summed E-state index contributed by atoms with van der Waals surface area (Å²) in [5.74, 6) is -8.83. The third-order valence-electron chi connectivity index (χ3n) is 10.4. The van der Waals surface area contributed by atoms with E-state index in [-0.39, 0.29) is 0 Å². The molecule has 3 fully saturated rings. The van der Waals surface area contributed by atoms with Gasteiger partial charge in [0.1, 0.15) is 31.5 Å². The van der Waals surface area contributed by atoms with Gasteiger partial charge in [-0.2, -0.15) is 0 Å². The Kier molecular flexibility index (Phi) is 21.0. The fraction of sp³-hybridized carbons (Fsp3) is 0.727. The first kappa shape index (κ1) is 57.6. The Balaban J connectivity index is 1.92. The molecule has 0 N–H and O–H groups in total. The molecule has 18 atom stereocenters. The van der Waals surface area contributed by atoms with Gasteiger partial charge in [0.15, 0.2) is 79.9 Å². The number of ether oxygens (including phenoxy) is 17. The van der Waals surface area contributed by atoms with Gasteiger partial charge >= 0.3 is 59.7 Å². The minimum absolute atomic E-state index is 0.567. The molecule has 4 aliphatic heterocycles. The van der Waals surface area contributed by atoms with Crippen molar-refractivity contribution in [3.63, 3.8) is 0 Å². The highest BCUT2D eigenvalue weighted by atomic mass is 16.8. The van der Waals surface area contributed by atoms with Gasteiger partial charge < -0.3 is 80.5 Å². The smallest absolute Gasteiger partial charge is 0.303 e. The first-order valence-corrected chi connectivity index (χ1v) is 22.1. The second kappa shape index (κ2) is 25.9. The highest BCUT2D eigenvalue weighted by Gasteiger charge is 2.59. The molecule has 0 radical (unpaired) electrons. The van der Waals surface area contributed by atoms with Crippen LogP contribution >= 0.6 is 0 Å². The standard InChI is InChI=1S/C44H60O27/c1-17-32(60-21(5)47)36(63-24(8)50)39(66-27(11)53)42(58-17)68-29-13-14-55-30(15-56-19(3)45)34(29)70-44-41(38(65-26(10)52)35(62-23(7)49)31(69-44)16-57-20(4)46)71-43-40(67-28(12)54)37(64-25(9)51)33(18(2)59-43)61-22(6)48/h13-14,17-18,29-44H,15-16H2,1-12H3/t17?,18?,29?,30?,31?,32-,33-,34+,35+,36?,37?,38+,39-,40-,41?,42+,43?,44+/m1/s1. The largest absolute Gasteiger partial charge is 0.492 e. The summed E-state index contributed by atoms with van der Waals surface area (Å²) in [6.07, 6.45) is -26.1. The summed E-state index contributed by atoms with van der Waals surface area (Å²) in [5.41, 5.74) is 0. The van der Waals surface area contributed by atoms with Crippen molar-refractivity contribution in [1.82, 2.24) is 0 Å². The maximum absolute atomic E-state index is 13.0. The van der Waals surface area contributed by atoms with E-state index >= 15 is 0 Å². The number of hydrogen-bond acceptors (Lipinski definition) is 27. The van der Waals surface area contributed by atoms with Gasteiger partial charge in [0, 0.05) is 69.2 Å². The van der Waals surface area contributed by atoms with Crippen molar-refractivity contribution in [1.29, 1.82) is 0 Å².